The summed E-state index contributed by atoms with van der Waals surface area (Å²) < 4.78 is 5.44. The van der Waals surface area contributed by atoms with E-state index in [1.807, 2.05) is 23.5 Å². The molecule has 0 radical (unpaired) electrons. The summed E-state index contributed by atoms with van der Waals surface area (Å²) in [6.45, 7) is 5.29. The van der Waals surface area contributed by atoms with E-state index in [0.717, 1.165) is 25.1 Å². The van der Waals surface area contributed by atoms with Gasteiger partial charge in [0.2, 0.25) is 0 Å². The van der Waals surface area contributed by atoms with Gasteiger partial charge >= 0.3 is 0 Å². The Kier molecular flexibility index (Phi) is 4.40. The van der Waals surface area contributed by atoms with E-state index >= 15 is 0 Å². The number of furan rings is 1. The van der Waals surface area contributed by atoms with Crippen LogP contribution in [0.2, 0.25) is 0 Å². The van der Waals surface area contributed by atoms with Crippen LogP contribution in [0.25, 0.3) is 0 Å². The minimum absolute atomic E-state index is 0.317. The monoisotopic (exact) mass is 249 g/mol. The van der Waals surface area contributed by atoms with Crippen LogP contribution >= 0.6 is 11.3 Å². The largest absolute Gasteiger partial charge is 0.468 e. The summed E-state index contributed by atoms with van der Waals surface area (Å²) in [5, 5.41) is 3.54. The molecule has 2 aromatic rings. The number of hydrogen-bond acceptors (Lipinski definition) is 3. The summed E-state index contributed by atoms with van der Waals surface area (Å²) >= 11 is 1.89. The molecule has 1 unspecified atom stereocenters. The average molecular weight is 249 g/mol. The molecule has 0 aliphatic carbocycles. The second-order valence-electron chi connectivity index (χ2n) is 4.08. The maximum Gasteiger partial charge on any atom is 0.120 e. The normalized spacial score (nSPS) is 12.8. The molecule has 0 saturated heterocycles. The maximum atomic E-state index is 5.44. The summed E-state index contributed by atoms with van der Waals surface area (Å²) in [6, 6.07) is 8.73. The zero-order valence-corrected chi connectivity index (χ0v) is 11.2. The van der Waals surface area contributed by atoms with Crippen LogP contribution in [0.15, 0.2) is 34.9 Å². The molecular formula is C14H19NOS. The van der Waals surface area contributed by atoms with Gasteiger partial charge in [-0.3, -0.25) is 0 Å². The lowest BCUT2D eigenvalue weighted by Crippen LogP contribution is -2.19. The Bertz CT molecular complexity index is 433. The van der Waals surface area contributed by atoms with Gasteiger partial charge in [0.05, 0.1) is 12.3 Å². The molecule has 0 aliphatic heterocycles. The van der Waals surface area contributed by atoms with Crippen molar-refractivity contribution in [3.8, 4) is 0 Å². The van der Waals surface area contributed by atoms with Crippen LogP contribution in [-0.4, -0.2) is 0 Å². The zero-order chi connectivity index (χ0) is 12.1. The standard InChI is InChI=1S/C14H19NOS/c1-3-11-7-8-12(17-11)10-15-13(4-2)14-6-5-9-16-14/h5-9,13,15H,3-4,10H2,1-2H3. The molecule has 0 fully saturated rings. The number of hydrogen-bond donors (Lipinski definition) is 1. The molecule has 0 amide bonds. The molecule has 0 aliphatic rings. The molecule has 2 nitrogen and oxygen atoms in total. The summed E-state index contributed by atoms with van der Waals surface area (Å²) in [7, 11) is 0. The molecule has 3 heteroatoms. The smallest absolute Gasteiger partial charge is 0.120 e. The van der Waals surface area contributed by atoms with Crippen LogP contribution in [0.5, 0.6) is 0 Å². The van der Waals surface area contributed by atoms with Crippen molar-refractivity contribution in [1.29, 1.82) is 0 Å². The Balaban J connectivity index is 1.92. The van der Waals surface area contributed by atoms with E-state index in [1.54, 1.807) is 6.26 Å². The van der Waals surface area contributed by atoms with Gasteiger partial charge in [-0.05, 0) is 37.1 Å². The molecule has 1 N–H and O–H groups in total. The number of rotatable bonds is 6. The molecule has 0 spiro atoms. The van der Waals surface area contributed by atoms with E-state index in [-0.39, 0.29) is 0 Å². The molecule has 92 valence electrons. The fourth-order valence-corrected chi connectivity index (χ4v) is 2.78. The lowest BCUT2D eigenvalue weighted by molar-refractivity contribution is 0.404. The summed E-state index contributed by atoms with van der Waals surface area (Å²) in [4.78, 5) is 2.85. The van der Waals surface area contributed by atoms with Gasteiger partial charge in [0.15, 0.2) is 0 Å². The molecule has 2 heterocycles. The fraction of sp³-hybridized carbons (Fsp3) is 0.429. The first kappa shape index (κ1) is 12.4. The Hall–Kier alpha value is -1.06. The van der Waals surface area contributed by atoms with E-state index in [4.69, 9.17) is 4.42 Å². The SMILES string of the molecule is CCc1ccc(CNC(CC)c2ccco2)s1. The minimum Gasteiger partial charge on any atom is -0.468 e. The lowest BCUT2D eigenvalue weighted by Gasteiger charge is -2.13. The molecule has 0 saturated carbocycles. The molecule has 0 aromatic carbocycles. The second-order valence-corrected chi connectivity index (χ2v) is 5.33. The number of nitrogens with one attached hydrogen (secondary N) is 1. The van der Waals surface area contributed by atoms with E-state index < -0.39 is 0 Å². The minimum atomic E-state index is 0.317. The number of aryl methyl sites for hydroxylation is 1. The Morgan fingerprint density at radius 2 is 2.06 bits per heavy atom. The van der Waals surface area contributed by atoms with Crippen LogP contribution in [-0.2, 0) is 13.0 Å². The van der Waals surface area contributed by atoms with Crippen LogP contribution in [0, 0.1) is 0 Å². The lowest BCUT2D eigenvalue weighted by atomic mass is 10.2. The quantitative estimate of drug-likeness (QED) is 0.832. The summed E-state index contributed by atoms with van der Waals surface area (Å²) in [5.41, 5.74) is 0. The molecule has 2 rings (SSSR count). The van der Waals surface area contributed by atoms with E-state index in [1.165, 1.54) is 9.75 Å². The predicted octanol–water partition coefficient (Wildman–Crippen LogP) is 4.14. The van der Waals surface area contributed by atoms with Crippen molar-refractivity contribution in [3.63, 3.8) is 0 Å². The van der Waals surface area contributed by atoms with Gasteiger partial charge in [-0.25, -0.2) is 0 Å². The van der Waals surface area contributed by atoms with Crippen molar-refractivity contribution in [1.82, 2.24) is 5.32 Å². The Labute approximate surface area is 107 Å². The zero-order valence-electron chi connectivity index (χ0n) is 10.4. The van der Waals surface area contributed by atoms with Crippen molar-refractivity contribution in [2.45, 2.75) is 39.3 Å². The molecule has 17 heavy (non-hydrogen) atoms. The van der Waals surface area contributed by atoms with Gasteiger partial charge in [0, 0.05) is 16.3 Å². The Morgan fingerprint density at radius 1 is 1.24 bits per heavy atom. The van der Waals surface area contributed by atoms with E-state index in [9.17, 15) is 0 Å². The van der Waals surface area contributed by atoms with Crippen LogP contribution in [0.1, 0.15) is 41.8 Å². The second kappa shape index (κ2) is 6.03. The van der Waals surface area contributed by atoms with Gasteiger partial charge in [-0.2, -0.15) is 0 Å². The van der Waals surface area contributed by atoms with Gasteiger partial charge in [-0.1, -0.05) is 13.8 Å². The molecule has 2 aromatic heterocycles. The first-order chi connectivity index (χ1) is 8.33. The van der Waals surface area contributed by atoms with Crippen LogP contribution in [0.3, 0.4) is 0 Å². The number of thiophene rings is 1. The van der Waals surface area contributed by atoms with Gasteiger partial charge in [-0.15, -0.1) is 11.3 Å². The highest BCUT2D eigenvalue weighted by atomic mass is 32.1. The first-order valence-electron chi connectivity index (χ1n) is 6.17. The van der Waals surface area contributed by atoms with Crippen molar-refractivity contribution in [2.75, 3.05) is 0 Å². The Morgan fingerprint density at radius 3 is 2.65 bits per heavy atom. The third kappa shape index (κ3) is 3.20. The van der Waals surface area contributed by atoms with E-state index in [0.29, 0.717) is 6.04 Å². The topological polar surface area (TPSA) is 25.2 Å². The van der Waals surface area contributed by atoms with E-state index in [2.05, 4.69) is 31.3 Å². The molecular weight excluding hydrogens is 230 g/mol. The third-order valence-electron chi connectivity index (χ3n) is 2.88. The van der Waals surface area contributed by atoms with Gasteiger partial charge < -0.3 is 9.73 Å². The van der Waals surface area contributed by atoms with Gasteiger partial charge in [0.25, 0.3) is 0 Å². The first-order valence-corrected chi connectivity index (χ1v) is 6.99. The predicted molar refractivity (Wildman–Crippen MR) is 72.3 cm³/mol. The summed E-state index contributed by atoms with van der Waals surface area (Å²) in [5.74, 6) is 1.03. The van der Waals surface area contributed by atoms with Gasteiger partial charge in [0.1, 0.15) is 5.76 Å². The fourth-order valence-electron chi connectivity index (χ4n) is 1.87. The van der Waals surface area contributed by atoms with Crippen LogP contribution < -0.4 is 5.32 Å². The highest BCUT2D eigenvalue weighted by Crippen LogP contribution is 2.20. The highest BCUT2D eigenvalue weighted by Gasteiger charge is 2.11. The van der Waals surface area contributed by atoms with Crippen molar-refractivity contribution < 1.29 is 4.42 Å². The maximum absolute atomic E-state index is 5.44. The highest BCUT2D eigenvalue weighted by molar-refractivity contribution is 7.11. The van der Waals surface area contributed by atoms with Crippen molar-refractivity contribution >= 4 is 11.3 Å². The average Bonchev–Trinajstić information content (AvgIpc) is 3.00. The molecule has 1 atom stereocenters. The van der Waals surface area contributed by atoms with Crippen molar-refractivity contribution in [3.05, 3.63) is 46.0 Å². The summed E-state index contributed by atoms with van der Waals surface area (Å²) in [6.07, 6.45) is 3.90. The molecule has 0 bridgehead atoms. The van der Waals surface area contributed by atoms with Crippen LogP contribution in [0.4, 0.5) is 0 Å². The van der Waals surface area contributed by atoms with Crippen molar-refractivity contribution in [2.24, 2.45) is 0 Å². The third-order valence-corrected chi connectivity index (χ3v) is 4.11.